The van der Waals surface area contributed by atoms with Gasteiger partial charge in [0.05, 0.1) is 0 Å². The molecule has 2 aliphatic rings. The third-order valence-corrected chi connectivity index (χ3v) is 2.28. The number of hydrogen-bond donors (Lipinski definition) is 0. The lowest BCUT2D eigenvalue weighted by Gasteiger charge is -2.12. The van der Waals surface area contributed by atoms with Gasteiger partial charge in [0.25, 0.3) is 0 Å². The lowest BCUT2D eigenvalue weighted by molar-refractivity contribution is 0.392. The molecule has 0 amide bonds. The summed E-state index contributed by atoms with van der Waals surface area (Å²) in [5.74, 6) is 0.870. The fraction of sp³-hybridized carbons (Fsp3) is 0.714. The van der Waals surface area contributed by atoms with Crippen molar-refractivity contribution < 1.29 is 0 Å². The molecule has 2 atom stereocenters. The van der Waals surface area contributed by atoms with Gasteiger partial charge in [-0.25, -0.2) is 0 Å². The van der Waals surface area contributed by atoms with E-state index in [0.29, 0.717) is 0 Å². The fourth-order valence-corrected chi connectivity index (χ4v) is 1.73. The van der Waals surface area contributed by atoms with Crippen LogP contribution in [0.1, 0.15) is 6.42 Å². The van der Waals surface area contributed by atoms with E-state index < -0.39 is 0 Å². The summed E-state index contributed by atoms with van der Waals surface area (Å²) in [4.78, 5) is 2.48. The highest BCUT2D eigenvalue weighted by Gasteiger charge is 2.31. The Labute approximate surface area is 58.3 Å². The van der Waals surface area contributed by atoms with Crippen LogP contribution in [-0.2, 0) is 0 Å². The van der Waals surface area contributed by atoms with E-state index in [0.717, 1.165) is 5.92 Å². The first-order valence-electron chi connectivity index (χ1n) is 3.26. The topological polar surface area (TPSA) is 3.24 Å². The van der Waals surface area contributed by atoms with Gasteiger partial charge in [0.2, 0.25) is 0 Å². The molecule has 0 spiro atoms. The van der Waals surface area contributed by atoms with Gasteiger partial charge in [-0.1, -0.05) is 12.2 Å². The summed E-state index contributed by atoms with van der Waals surface area (Å²) in [5.41, 5.74) is 1.47. The van der Waals surface area contributed by atoms with E-state index in [9.17, 15) is 0 Å². The monoisotopic (exact) mass is 120 g/mol. The minimum absolute atomic E-state index is 0. The molecule has 2 aliphatic heterocycles. The third-order valence-electron chi connectivity index (χ3n) is 2.28. The average molecular weight is 120 g/mol. The summed E-state index contributed by atoms with van der Waals surface area (Å²) in [5, 5.41) is 0. The van der Waals surface area contributed by atoms with Gasteiger partial charge in [-0.05, 0) is 18.9 Å². The van der Waals surface area contributed by atoms with E-state index >= 15 is 0 Å². The summed E-state index contributed by atoms with van der Waals surface area (Å²) in [7, 11) is 0. The van der Waals surface area contributed by atoms with Crippen molar-refractivity contribution in [1.82, 2.24) is 4.90 Å². The number of hydrogen-bond acceptors (Lipinski definition) is 1. The highest BCUT2D eigenvalue weighted by molar-refractivity contribution is 5.75. The van der Waals surface area contributed by atoms with Gasteiger partial charge in [-0.3, -0.25) is 4.90 Å². The molecule has 9 heavy (non-hydrogen) atoms. The molecule has 47 valence electrons. The zero-order valence-electron chi connectivity index (χ0n) is 5.64. The maximum atomic E-state index is 4.00. The van der Waals surface area contributed by atoms with E-state index in [1.165, 1.54) is 31.6 Å². The van der Waals surface area contributed by atoms with Gasteiger partial charge < -0.3 is 0 Å². The van der Waals surface area contributed by atoms with Crippen LogP contribution in [-0.4, -0.2) is 32.9 Å². The van der Waals surface area contributed by atoms with Crippen molar-refractivity contribution in [3.63, 3.8) is 0 Å². The highest BCUT2D eigenvalue weighted by atomic mass is 15.2. The van der Waals surface area contributed by atoms with Crippen molar-refractivity contribution in [3.8, 4) is 0 Å². The van der Waals surface area contributed by atoms with E-state index in [2.05, 4.69) is 11.5 Å². The van der Waals surface area contributed by atoms with E-state index in [1.54, 1.807) is 0 Å². The van der Waals surface area contributed by atoms with Gasteiger partial charge in [0.1, 0.15) is 0 Å². The Kier molecular flexibility index (Phi) is 1.67. The van der Waals surface area contributed by atoms with Crippen LogP contribution in [0.3, 0.4) is 0 Å². The molecule has 0 aromatic heterocycles. The van der Waals surface area contributed by atoms with Gasteiger partial charge in [-0.15, -0.1) is 0 Å². The van der Waals surface area contributed by atoms with Crippen LogP contribution in [0.5, 0.6) is 0 Å². The second-order valence-electron chi connectivity index (χ2n) is 2.88. The van der Waals surface area contributed by atoms with Gasteiger partial charge in [0, 0.05) is 21.5 Å². The Bertz CT molecular complexity index is 133. The minimum atomic E-state index is 0. The van der Waals surface area contributed by atoms with Crippen LogP contribution in [0.4, 0.5) is 0 Å². The first-order chi connectivity index (χ1) is 3.86. The number of rotatable bonds is 0. The van der Waals surface area contributed by atoms with Gasteiger partial charge in [0.15, 0.2) is 0 Å². The third kappa shape index (κ3) is 0.918. The smallest absolute Gasteiger partial charge is 0.0193 e. The summed E-state index contributed by atoms with van der Waals surface area (Å²) in [6, 6.07) is 0. The minimum Gasteiger partial charge on any atom is -0.299 e. The second kappa shape index (κ2) is 2.18. The standard InChI is InChI=1S/C7H11N.B/c1-6-4-8-3-2-7(6)5-8;/h7H,1-5H2;. The predicted molar refractivity (Wildman–Crippen MR) is 39.4 cm³/mol. The van der Waals surface area contributed by atoms with E-state index in [-0.39, 0.29) is 8.41 Å². The first-order valence-corrected chi connectivity index (χ1v) is 3.26. The van der Waals surface area contributed by atoms with Crippen molar-refractivity contribution in [3.05, 3.63) is 12.2 Å². The van der Waals surface area contributed by atoms with Crippen molar-refractivity contribution in [2.45, 2.75) is 6.42 Å². The van der Waals surface area contributed by atoms with Crippen LogP contribution in [0.25, 0.3) is 0 Å². The first kappa shape index (κ1) is 6.88. The Balaban J connectivity index is 0.000000405. The molecular formula is C7H11BN. The van der Waals surface area contributed by atoms with E-state index in [1.807, 2.05) is 0 Å². The average Bonchev–Trinajstić information content (AvgIpc) is 2.23. The van der Waals surface area contributed by atoms with Crippen LogP contribution in [0.15, 0.2) is 12.2 Å². The molecule has 2 heteroatoms. The molecule has 0 N–H and O–H groups in total. The molecule has 2 fully saturated rings. The molecule has 0 aromatic rings. The predicted octanol–water partition coefficient (Wildman–Crippen LogP) is 0.497. The summed E-state index contributed by atoms with van der Waals surface area (Å²) in [6.45, 7) is 7.81. The maximum Gasteiger partial charge on any atom is 0.0193 e. The summed E-state index contributed by atoms with van der Waals surface area (Å²) in [6.07, 6.45) is 1.37. The molecular weight excluding hydrogens is 109 g/mol. The molecule has 2 saturated heterocycles. The normalized spacial score (nSPS) is 38.9. The molecule has 2 unspecified atom stereocenters. The van der Waals surface area contributed by atoms with Crippen LogP contribution >= 0.6 is 0 Å². The Morgan fingerprint density at radius 3 is 2.56 bits per heavy atom. The molecule has 2 rings (SSSR count). The molecule has 0 aliphatic carbocycles. The Morgan fingerprint density at radius 2 is 2.33 bits per heavy atom. The zero-order chi connectivity index (χ0) is 5.56. The molecule has 0 aromatic carbocycles. The largest absolute Gasteiger partial charge is 0.299 e. The quantitative estimate of drug-likeness (QED) is 0.332. The molecule has 1 nitrogen and oxygen atoms in total. The lowest BCUT2D eigenvalue weighted by Crippen LogP contribution is -2.17. The lowest BCUT2D eigenvalue weighted by atomic mass is 10.0. The molecule has 3 radical (unpaired) electrons. The Hall–Kier alpha value is -0.235. The van der Waals surface area contributed by atoms with Crippen molar-refractivity contribution >= 4 is 8.41 Å². The number of piperidine rings is 1. The van der Waals surface area contributed by atoms with Crippen LogP contribution in [0, 0.1) is 5.92 Å². The van der Waals surface area contributed by atoms with Crippen molar-refractivity contribution in [2.75, 3.05) is 19.6 Å². The molecule has 2 heterocycles. The highest BCUT2D eigenvalue weighted by Crippen LogP contribution is 2.30. The summed E-state index contributed by atoms with van der Waals surface area (Å²) >= 11 is 0. The van der Waals surface area contributed by atoms with Crippen molar-refractivity contribution in [1.29, 1.82) is 0 Å². The number of nitrogens with zero attached hydrogens (tertiary/aromatic N) is 1. The second-order valence-corrected chi connectivity index (χ2v) is 2.88. The number of fused-ring (bicyclic) bond motifs is 2. The maximum absolute atomic E-state index is 4.00. The zero-order valence-corrected chi connectivity index (χ0v) is 5.64. The van der Waals surface area contributed by atoms with Crippen molar-refractivity contribution in [2.24, 2.45) is 5.92 Å². The molecule has 0 saturated carbocycles. The van der Waals surface area contributed by atoms with Gasteiger partial charge in [-0.2, -0.15) is 0 Å². The molecule has 2 bridgehead atoms. The van der Waals surface area contributed by atoms with Crippen LogP contribution < -0.4 is 0 Å². The fourth-order valence-electron chi connectivity index (χ4n) is 1.73. The Morgan fingerprint density at radius 1 is 1.56 bits per heavy atom. The summed E-state index contributed by atoms with van der Waals surface area (Å²) < 4.78 is 0. The van der Waals surface area contributed by atoms with Crippen LogP contribution in [0.2, 0.25) is 0 Å². The van der Waals surface area contributed by atoms with E-state index in [4.69, 9.17) is 0 Å². The van der Waals surface area contributed by atoms with Gasteiger partial charge >= 0.3 is 0 Å². The SMILES string of the molecule is C=C1CN2CCC1C2.[B].